The molecule has 1 fully saturated rings. The molecule has 0 saturated carbocycles. The van der Waals surface area contributed by atoms with Crippen molar-refractivity contribution in [2.24, 2.45) is 0 Å². The van der Waals surface area contributed by atoms with Crippen molar-refractivity contribution in [2.45, 2.75) is 31.7 Å². The number of carbonyl (C=O) groups excluding carboxylic acids is 1. The Morgan fingerprint density at radius 3 is 1.86 bits per heavy atom. The van der Waals surface area contributed by atoms with Crippen molar-refractivity contribution in [3.8, 4) is 23.0 Å². The molecule has 1 aliphatic heterocycles. The van der Waals surface area contributed by atoms with Gasteiger partial charge in [-0.1, -0.05) is 60.7 Å². The number of aliphatic hydroxyl groups is 1. The molecule has 0 spiro atoms. The van der Waals surface area contributed by atoms with E-state index in [4.69, 9.17) is 9.47 Å². The molecule has 9 heteroatoms. The molecular weight excluding hydrogens is 534 g/mol. The molecule has 2 atom stereocenters. The van der Waals surface area contributed by atoms with Gasteiger partial charge >= 0.3 is 6.03 Å². The molecule has 1 saturated heterocycles. The lowest BCUT2D eigenvalue weighted by molar-refractivity contribution is 0.0751. The number of hydrogen-bond acceptors (Lipinski definition) is 7. The number of hydrazine groups is 1. The number of aromatic hydroxyl groups is 2. The highest BCUT2D eigenvalue weighted by atomic mass is 16.5. The smallest absolute Gasteiger partial charge is 0.339 e. The normalized spacial score (nSPS) is 17.2. The predicted octanol–water partition coefficient (Wildman–Crippen LogP) is 4.95. The van der Waals surface area contributed by atoms with E-state index in [0.717, 1.165) is 22.4 Å². The van der Waals surface area contributed by atoms with Gasteiger partial charge in [-0.3, -0.25) is 5.01 Å². The molecule has 0 radical (unpaired) electrons. The van der Waals surface area contributed by atoms with Gasteiger partial charge in [0, 0.05) is 6.54 Å². The molecule has 218 valence electrons. The third kappa shape index (κ3) is 6.21. The third-order valence-corrected chi connectivity index (χ3v) is 7.48. The average molecular weight is 570 g/mol. The number of hydrogen-bond donors (Lipinski definition) is 3. The highest BCUT2D eigenvalue weighted by molar-refractivity contribution is 5.78. The Hall–Kier alpha value is -4.89. The first-order chi connectivity index (χ1) is 20.4. The van der Waals surface area contributed by atoms with Crippen LogP contribution in [0.4, 0.5) is 10.5 Å². The van der Waals surface area contributed by atoms with Crippen LogP contribution in [0.25, 0.3) is 0 Å². The number of nitrogens with zero attached hydrogens (tertiary/aromatic N) is 3. The molecule has 1 heterocycles. The van der Waals surface area contributed by atoms with E-state index in [1.54, 1.807) is 34.2 Å². The number of phenolic OH excluding ortho intramolecular Hbond substituents is 2. The van der Waals surface area contributed by atoms with Gasteiger partial charge in [-0.25, -0.2) is 9.80 Å². The van der Waals surface area contributed by atoms with E-state index in [2.05, 4.69) is 0 Å². The van der Waals surface area contributed by atoms with Gasteiger partial charge in [-0.2, -0.15) is 0 Å². The Kier molecular flexibility index (Phi) is 8.68. The quantitative estimate of drug-likeness (QED) is 0.262. The second-order valence-electron chi connectivity index (χ2n) is 10.2. The number of carbonyl (C=O) groups is 1. The van der Waals surface area contributed by atoms with Crippen molar-refractivity contribution in [3.63, 3.8) is 0 Å². The van der Waals surface area contributed by atoms with Crippen LogP contribution in [0.15, 0.2) is 97.1 Å². The van der Waals surface area contributed by atoms with Crippen molar-refractivity contribution in [1.82, 2.24) is 9.91 Å². The first-order valence-electron chi connectivity index (χ1n) is 13.7. The predicted molar refractivity (Wildman–Crippen MR) is 160 cm³/mol. The Labute approximate surface area is 245 Å². The number of amides is 2. The average Bonchev–Trinajstić information content (AvgIpc) is 3.10. The van der Waals surface area contributed by atoms with Gasteiger partial charge in [0.2, 0.25) is 0 Å². The zero-order chi connectivity index (χ0) is 29.6. The van der Waals surface area contributed by atoms with Gasteiger partial charge < -0.3 is 29.7 Å². The Morgan fingerprint density at radius 2 is 1.29 bits per heavy atom. The highest BCUT2D eigenvalue weighted by Gasteiger charge is 2.40. The van der Waals surface area contributed by atoms with E-state index in [1.807, 2.05) is 65.7 Å². The van der Waals surface area contributed by atoms with Crippen LogP contribution in [0.3, 0.4) is 0 Å². The minimum absolute atomic E-state index is 0.00229. The summed E-state index contributed by atoms with van der Waals surface area (Å²) in [4.78, 5) is 16.3. The van der Waals surface area contributed by atoms with Crippen molar-refractivity contribution in [3.05, 3.63) is 114 Å². The lowest BCUT2D eigenvalue weighted by Crippen LogP contribution is -2.51. The fourth-order valence-electron chi connectivity index (χ4n) is 5.29. The summed E-state index contributed by atoms with van der Waals surface area (Å²) in [5.41, 5.74) is 3.22. The van der Waals surface area contributed by atoms with Gasteiger partial charge in [0.05, 0.1) is 45.1 Å². The highest BCUT2D eigenvalue weighted by Crippen LogP contribution is 2.32. The minimum Gasteiger partial charge on any atom is -0.504 e. The minimum atomic E-state index is -0.910. The largest absolute Gasteiger partial charge is 0.504 e. The standard InChI is InChI=1S/C33H35N3O6/c1-41-31-18-24(13-15-28(31)37)20-34-27(17-23-9-5-3-6-10-23)30(39)22-35(26-11-7-4-8-12-26)36(33(34)40)21-25-14-16-29(38)32(19-25)42-2/h3-16,18-19,27,30,37-39H,17,20-22H2,1-2H3/t27-,30-/m1/s1. The van der Waals surface area contributed by atoms with Crippen molar-refractivity contribution >= 4 is 11.7 Å². The zero-order valence-electron chi connectivity index (χ0n) is 23.6. The van der Waals surface area contributed by atoms with E-state index in [-0.39, 0.29) is 37.2 Å². The summed E-state index contributed by atoms with van der Waals surface area (Å²) in [5, 5.41) is 35.5. The summed E-state index contributed by atoms with van der Waals surface area (Å²) in [7, 11) is 2.95. The van der Waals surface area contributed by atoms with Gasteiger partial charge in [-0.15, -0.1) is 0 Å². The van der Waals surface area contributed by atoms with Crippen LogP contribution in [-0.4, -0.2) is 64.2 Å². The van der Waals surface area contributed by atoms with E-state index in [0.29, 0.717) is 17.9 Å². The molecule has 0 aliphatic carbocycles. The summed E-state index contributed by atoms with van der Waals surface area (Å²) in [6, 6.07) is 28.3. The van der Waals surface area contributed by atoms with Crippen LogP contribution in [-0.2, 0) is 19.5 Å². The van der Waals surface area contributed by atoms with Gasteiger partial charge in [0.1, 0.15) is 0 Å². The summed E-state index contributed by atoms with van der Waals surface area (Å²) in [6.45, 7) is 0.491. The van der Waals surface area contributed by atoms with Gasteiger partial charge in [0.25, 0.3) is 0 Å². The molecule has 2 amide bonds. The first-order valence-corrected chi connectivity index (χ1v) is 13.7. The Balaban J connectivity index is 1.59. The molecular formula is C33H35N3O6. The van der Waals surface area contributed by atoms with Crippen molar-refractivity contribution in [2.75, 3.05) is 25.8 Å². The lowest BCUT2D eigenvalue weighted by atomic mass is 9.99. The zero-order valence-corrected chi connectivity index (χ0v) is 23.6. The number of phenols is 2. The number of para-hydroxylation sites is 1. The topological polar surface area (TPSA) is 106 Å². The molecule has 1 aliphatic rings. The maximum absolute atomic E-state index is 14.7. The lowest BCUT2D eigenvalue weighted by Gasteiger charge is -2.37. The molecule has 0 unspecified atom stereocenters. The van der Waals surface area contributed by atoms with Crippen LogP contribution < -0.4 is 14.5 Å². The Morgan fingerprint density at radius 1 is 0.738 bits per heavy atom. The maximum Gasteiger partial charge on any atom is 0.339 e. The molecule has 4 aromatic carbocycles. The van der Waals surface area contributed by atoms with Crippen LogP contribution in [0, 0.1) is 0 Å². The fourth-order valence-corrected chi connectivity index (χ4v) is 5.29. The van der Waals surface area contributed by atoms with Gasteiger partial charge in [-0.05, 0) is 59.5 Å². The fraction of sp³-hybridized carbons (Fsp3) is 0.242. The number of urea groups is 1. The SMILES string of the molecule is COc1cc(CN2C(=O)N(Cc3ccc(O)c(OC)c3)N(c3ccccc3)C[C@@H](O)[C@H]2Cc2ccccc2)ccc1O. The summed E-state index contributed by atoms with van der Waals surface area (Å²) >= 11 is 0. The molecule has 0 bridgehead atoms. The molecule has 4 aromatic rings. The number of anilines is 1. The number of ether oxygens (including phenoxy) is 2. The molecule has 0 aromatic heterocycles. The summed E-state index contributed by atoms with van der Waals surface area (Å²) in [6.07, 6.45) is -0.473. The molecule has 3 N–H and O–H groups in total. The van der Waals surface area contributed by atoms with Crippen LogP contribution >= 0.6 is 0 Å². The van der Waals surface area contributed by atoms with E-state index in [9.17, 15) is 20.1 Å². The number of aliphatic hydroxyl groups excluding tert-OH is 1. The van der Waals surface area contributed by atoms with Gasteiger partial charge in [0.15, 0.2) is 23.0 Å². The number of benzene rings is 4. The van der Waals surface area contributed by atoms with E-state index >= 15 is 0 Å². The Bertz CT molecular complexity index is 1500. The van der Waals surface area contributed by atoms with Crippen molar-refractivity contribution in [1.29, 1.82) is 0 Å². The molecule has 9 nitrogen and oxygen atoms in total. The van der Waals surface area contributed by atoms with Crippen LogP contribution in [0.5, 0.6) is 23.0 Å². The monoisotopic (exact) mass is 569 g/mol. The van der Waals surface area contributed by atoms with E-state index in [1.165, 1.54) is 26.4 Å². The number of methoxy groups -OCH3 is 2. The van der Waals surface area contributed by atoms with Crippen LogP contribution in [0.1, 0.15) is 16.7 Å². The summed E-state index contributed by atoms with van der Waals surface area (Å²) in [5.74, 6) is 0.608. The number of β-amino-alcohol motifs (C(OH)–C–C–N with tert-alkyl or cyclic N) is 1. The number of rotatable bonds is 9. The first kappa shape index (κ1) is 28.6. The van der Waals surface area contributed by atoms with Crippen LogP contribution in [0.2, 0.25) is 0 Å². The van der Waals surface area contributed by atoms with E-state index < -0.39 is 12.1 Å². The molecule has 42 heavy (non-hydrogen) atoms. The molecule has 5 rings (SSSR count). The maximum atomic E-state index is 14.7. The third-order valence-electron chi connectivity index (χ3n) is 7.48. The summed E-state index contributed by atoms with van der Waals surface area (Å²) < 4.78 is 10.6. The second kappa shape index (κ2) is 12.7. The second-order valence-corrected chi connectivity index (χ2v) is 10.2. The van der Waals surface area contributed by atoms with Crippen molar-refractivity contribution < 1.29 is 29.6 Å².